The van der Waals surface area contributed by atoms with Gasteiger partial charge in [0, 0.05) is 0 Å². The second kappa shape index (κ2) is 3.48. The Morgan fingerprint density at radius 2 is 2.25 bits per heavy atom. The van der Waals surface area contributed by atoms with Crippen LogP contribution in [-0.4, -0.2) is 17.7 Å². The monoisotopic (exact) mass is 194 g/mol. The lowest BCUT2D eigenvalue weighted by Crippen LogP contribution is -1.99. The van der Waals surface area contributed by atoms with Gasteiger partial charge < -0.3 is 9.84 Å². The van der Waals surface area contributed by atoms with Crippen molar-refractivity contribution < 1.29 is 23.4 Å². The number of carbonyl (C=O) groups is 1. The van der Waals surface area contributed by atoms with Crippen molar-refractivity contribution in [3.63, 3.8) is 0 Å². The van der Waals surface area contributed by atoms with Crippen LogP contribution >= 0.6 is 11.3 Å². The SMILES string of the molecule is O=C(O)c1ccc(OC(F)F)s1. The van der Waals surface area contributed by atoms with Gasteiger partial charge in [0.1, 0.15) is 4.88 Å². The van der Waals surface area contributed by atoms with Gasteiger partial charge in [0.15, 0.2) is 5.06 Å². The van der Waals surface area contributed by atoms with Gasteiger partial charge in [-0.2, -0.15) is 8.78 Å². The number of hydrogen-bond donors (Lipinski definition) is 1. The molecule has 0 aliphatic carbocycles. The summed E-state index contributed by atoms with van der Waals surface area (Å²) >= 11 is 0.668. The molecule has 0 aliphatic rings. The fourth-order valence-electron chi connectivity index (χ4n) is 0.586. The number of halogens is 2. The third-order valence-corrected chi connectivity index (χ3v) is 1.96. The van der Waals surface area contributed by atoms with E-state index in [4.69, 9.17) is 5.11 Å². The Kier molecular flexibility index (Phi) is 2.59. The normalized spacial score (nSPS) is 10.2. The number of rotatable bonds is 3. The van der Waals surface area contributed by atoms with Gasteiger partial charge >= 0.3 is 12.6 Å². The van der Waals surface area contributed by atoms with E-state index in [0.29, 0.717) is 11.3 Å². The molecule has 0 bridgehead atoms. The highest BCUT2D eigenvalue weighted by molar-refractivity contribution is 7.15. The van der Waals surface area contributed by atoms with Crippen molar-refractivity contribution in [1.82, 2.24) is 0 Å². The lowest BCUT2D eigenvalue weighted by Gasteiger charge is -1.97. The molecule has 0 saturated carbocycles. The molecular formula is C6H4F2O3S. The molecule has 0 aromatic carbocycles. The molecule has 0 aliphatic heterocycles. The lowest BCUT2D eigenvalue weighted by atomic mass is 10.5. The summed E-state index contributed by atoms with van der Waals surface area (Å²) in [6, 6.07) is 2.41. The van der Waals surface area contributed by atoms with Crippen molar-refractivity contribution in [1.29, 1.82) is 0 Å². The quantitative estimate of drug-likeness (QED) is 0.800. The Labute approximate surface area is 70.2 Å². The fraction of sp³-hybridized carbons (Fsp3) is 0.167. The van der Waals surface area contributed by atoms with Gasteiger partial charge in [-0.3, -0.25) is 0 Å². The number of carboxylic acid groups (broad SMARTS) is 1. The molecule has 1 heterocycles. The highest BCUT2D eigenvalue weighted by atomic mass is 32.1. The summed E-state index contributed by atoms with van der Waals surface area (Å²) < 4.78 is 27.1. The molecule has 0 spiro atoms. The van der Waals surface area contributed by atoms with Crippen molar-refractivity contribution in [2.24, 2.45) is 0 Å². The molecule has 6 heteroatoms. The van der Waals surface area contributed by atoms with Gasteiger partial charge in [0.25, 0.3) is 0 Å². The van der Waals surface area contributed by atoms with E-state index in [1.54, 1.807) is 0 Å². The number of ether oxygens (including phenoxy) is 1. The standard InChI is InChI=1S/C6H4F2O3S/c7-6(8)11-4-2-1-3(12-4)5(9)10/h1-2,6H,(H,9,10). The van der Waals surface area contributed by atoms with Crippen LogP contribution in [0.5, 0.6) is 5.06 Å². The average Bonchev–Trinajstić information content (AvgIpc) is 2.34. The zero-order valence-corrected chi connectivity index (χ0v) is 6.48. The topological polar surface area (TPSA) is 46.5 Å². The van der Waals surface area contributed by atoms with Gasteiger partial charge in [-0.05, 0) is 12.1 Å². The third-order valence-electron chi connectivity index (χ3n) is 0.997. The summed E-state index contributed by atoms with van der Waals surface area (Å²) in [5.41, 5.74) is 0. The minimum Gasteiger partial charge on any atom is -0.477 e. The molecule has 0 atom stereocenters. The van der Waals surface area contributed by atoms with Crippen LogP contribution in [0.2, 0.25) is 0 Å². The van der Waals surface area contributed by atoms with E-state index < -0.39 is 12.6 Å². The van der Waals surface area contributed by atoms with Crippen molar-refractivity contribution in [2.75, 3.05) is 0 Å². The van der Waals surface area contributed by atoms with E-state index in [0.717, 1.165) is 0 Å². The van der Waals surface area contributed by atoms with Gasteiger partial charge in [0.2, 0.25) is 0 Å². The molecule has 0 saturated heterocycles. The number of aromatic carboxylic acids is 1. The highest BCUT2D eigenvalue weighted by Crippen LogP contribution is 2.25. The Morgan fingerprint density at radius 1 is 1.58 bits per heavy atom. The maximum absolute atomic E-state index is 11.6. The van der Waals surface area contributed by atoms with Crippen LogP contribution in [0.15, 0.2) is 12.1 Å². The Hall–Kier alpha value is -1.17. The summed E-state index contributed by atoms with van der Waals surface area (Å²) in [7, 11) is 0. The Balaban J connectivity index is 2.71. The van der Waals surface area contributed by atoms with E-state index >= 15 is 0 Å². The molecule has 1 aromatic rings. The van der Waals surface area contributed by atoms with Crippen molar-refractivity contribution >= 4 is 17.3 Å². The summed E-state index contributed by atoms with van der Waals surface area (Å²) in [4.78, 5) is 10.2. The molecular weight excluding hydrogens is 190 g/mol. The van der Waals surface area contributed by atoms with E-state index in [9.17, 15) is 13.6 Å². The Bertz CT molecular complexity index is 284. The van der Waals surface area contributed by atoms with Crippen LogP contribution in [0.25, 0.3) is 0 Å². The maximum atomic E-state index is 11.6. The average molecular weight is 194 g/mol. The van der Waals surface area contributed by atoms with E-state index in [1.807, 2.05) is 0 Å². The zero-order chi connectivity index (χ0) is 9.14. The van der Waals surface area contributed by atoms with Crippen molar-refractivity contribution in [3.8, 4) is 5.06 Å². The summed E-state index contributed by atoms with van der Waals surface area (Å²) in [6.07, 6.45) is 0. The predicted molar refractivity (Wildman–Crippen MR) is 37.9 cm³/mol. The van der Waals surface area contributed by atoms with Crippen LogP contribution in [0.4, 0.5) is 8.78 Å². The summed E-state index contributed by atoms with van der Waals surface area (Å²) in [5, 5.41) is 8.30. The molecule has 1 rings (SSSR count). The van der Waals surface area contributed by atoms with Gasteiger partial charge in [0.05, 0.1) is 0 Å². The van der Waals surface area contributed by atoms with Gasteiger partial charge in [-0.1, -0.05) is 11.3 Å². The molecule has 1 aromatic heterocycles. The first-order valence-electron chi connectivity index (χ1n) is 2.87. The molecule has 0 unspecified atom stereocenters. The first kappa shape index (κ1) is 8.92. The van der Waals surface area contributed by atoms with Crippen molar-refractivity contribution in [3.05, 3.63) is 17.0 Å². The van der Waals surface area contributed by atoms with Crippen LogP contribution in [0.1, 0.15) is 9.67 Å². The van der Waals surface area contributed by atoms with Crippen LogP contribution in [0, 0.1) is 0 Å². The maximum Gasteiger partial charge on any atom is 0.388 e. The highest BCUT2D eigenvalue weighted by Gasteiger charge is 2.10. The smallest absolute Gasteiger partial charge is 0.388 e. The summed E-state index contributed by atoms with van der Waals surface area (Å²) in [5.74, 6) is -1.15. The number of hydrogen-bond acceptors (Lipinski definition) is 3. The minimum absolute atomic E-state index is 0.0225. The van der Waals surface area contributed by atoms with Crippen LogP contribution in [0.3, 0.4) is 0 Å². The predicted octanol–water partition coefficient (Wildman–Crippen LogP) is 2.05. The lowest BCUT2D eigenvalue weighted by molar-refractivity contribution is -0.0472. The summed E-state index contributed by atoms with van der Waals surface area (Å²) in [6.45, 7) is -2.91. The number of carboxylic acids is 1. The molecule has 0 fully saturated rings. The van der Waals surface area contributed by atoms with E-state index in [2.05, 4.69) is 4.74 Å². The van der Waals surface area contributed by atoms with Gasteiger partial charge in [-0.15, -0.1) is 0 Å². The zero-order valence-electron chi connectivity index (χ0n) is 5.66. The first-order valence-corrected chi connectivity index (χ1v) is 3.69. The molecule has 3 nitrogen and oxygen atoms in total. The third kappa shape index (κ3) is 2.16. The van der Waals surface area contributed by atoms with Crippen LogP contribution < -0.4 is 4.74 Å². The molecule has 1 N–H and O–H groups in total. The van der Waals surface area contributed by atoms with E-state index in [1.165, 1.54) is 12.1 Å². The second-order valence-electron chi connectivity index (χ2n) is 1.80. The molecule has 0 radical (unpaired) electrons. The molecule has 66 valence electrons. The molecule has 0 amide bonds. The molecule has 12 heavy (non-hydrogen) atoms. The number of thiophene rings is 1. The minimum atomic E-state index is -2.91. The van der Waals surface area contributed by atoms with Gasteiger partial charge in [-0.25, -0.2) is 4.79 Å². The number of alkyl halides is 2. The largest absolute Gasteiger partial charge is 0.477 e. The second-order valence-corrected chi connectivity index (χ2v) is 2.85. The van der Waals surface area contributed by atoms with E-state index in [-0.39, 0.29) is 9.94 Å². The first-order chi connectivity index (χ1) is 5.59. The van der Waals surface area contributed by atoms with Crippen LogP contribution in [-0.2, 0) is 0 Å². The van der Waals surface area contributed by atoms with Crippen molar-refractivity contribution in [2.45, 2.75) is 6.61 Å². The fourth-order valence-corrected chi connectivity index (χ4v) is 1.28. The Morgan fingerprint density at radius 3 is 2.67 bits per heavy atom.